The van der Waals surface area contributed by atoms with E-state index in [1.807, 2.05) is 0 Å². The number of hydrogen-bond acceptors (Lipinski definition) is 3. The fourth-order valence-corrected chi connectivity index (χ4v) is 3.41. The first-order valence-electron chi connectivity index (χ1n) is 5.62. The van der Waals surface area contributed by atoms with E-state index >= 15 is 0 Å². The van der Waals surface area contributed by atoms with Crippen LogP contribution in [0.3, 0.4) is 0 Å². The van der Waals surface area contributed by atoms with Gasteiger partial charge in [-0.25, -0.2) is 17.5 Å². The highest BCUT2D eigenvalue weighted by Gasteiger charge is 2.26. The normalized spacial score (nSPS) is 20.1. The molecule has 0 aliphatic carbocycles. The molecule has 0 saturated carbocycles. The first-order chi connectivity index (χ1) is 8.88. The Labute approximate surface area is 115 Å². The lowest BCUT2D eigenvalue weighted by molar-refractivity contribution is -0.122. The van der Waals surface area contributed by atoms with Crippen LogP contribution in [0.4, 0.5) is 4.39 Å². The molecule has 2 rings (SSSR count). The summed E-state index contributed by atoms with van der Waals surface area (Å²) in [7, 11) is -3.99. The Morgan fingerprint density at radius 2 is 2.16 bits per heavy atom. The molecule has 0 unspecified atom stereocenters. The minimum atomic E-state index is -3.99. The quantitative estimate of drug-likeness (QED) is 0.876. The Hall–Kier alpha value is -1.18. The molecular formula is C11H12ClFN2O3S. The second-order valence-electron chi connectivity index (χ2n) is 4.24. The fourth-order valence-electron chi connectivity index (χ4n) is 1.80. The number of carbonyl (C=O) groups excluding carboxylic acids is 1. The first-order valence-corrected chi connectivity index (χ1v) is 7.49. The van der Waals surface area contributed by atoms with Gasteiger partial charge in [-0.3, -0.25) is 4.79 Å². The summed E-state index contributed by atoms with van der Waals surface area (Å²) in [6, 6.07) is 2.89. The molecule has 1 amide bonds. The minimum absolute atomic E-state index is 0.121. The third-order valence-corrected chi connectivity index (χ3v) is 4.54. The molecule has 0 bridgehead atoms. The Bertz CT molecular complexity index is 596. The van der Waals surface area contributed by atoms with Gasteiger partial charge in [-0.1, -0.05) is 11.6 Å². The van der Waals surface area contributed by atoms with E-state index in [1.165, 1.54) is 6.07 Å². The zero-order chi connectivity index (χ0) is 14.0. The molecule has 1 aromatic rings. The highest BCUT2D eigenvalue weighted by Crippen LogP contribution is 2.20. The van der Waals surface area contributed by atoms with Crippen LogP contribution in [0.25, 0.3) is 0 Å². The van der Waals surface area contributed by atoms with Crippen LogP contribution in [-0.4, -0.2) is 26.9 Å². The summed E-state index contributed by atoms with van der Waals surface area (Å²) in [5.74, 6) is -0.985. The van der Waals surface area contributed by atoms with Crippen molar-refractivity contribution in [1.82, 2.24) is 10.0 Å². The van der Waals surface area contributed by atoms with Gasteiger partial charge in [-0.2, -0.15) is 0 Å². The Morgan fingerprint density at radius 3 is 2.79 bits per heavy atom. The largest absolute Gasteiger partial charge is 0.355 e. The third-order valence-electron chi connectivity index (χ3n) is 2.77. The van der Waals surface area contributed by atoms with E-state index in [0.29, 0.717) is 6.42 Å². The molecular weight excluding hydrogens is 295 g/mol. The van der Waals surface area contributed by atoms with E-state index in [2.05, 4.69) is 10.0 Å². The van der Waals surface area contributed by atoms with Gasteiger partial charge in [0.2, 0.25) is 15.9 Å². The predicted octanol–water partition coefficient (Wildman–Crippen LogP) is 1.04. The molecule has 1 aliphatic rings. The van der Waals surface area contributed by atoms with Crippen LogP contribution in [-0.2, 0) is 14.8 Å². The number of benzene rings is 1. The van der Waals surface area contributed by atoms with Crippen LogP contribution in [0, 0.1) is 5.82 Å². The summed E-state index contributed by atoms with van der Waals surface area (Å²) in [4.78, 5) is 10.5. The molecule has 2 N–H and O–H groups in total. The number of halogens is 2. The molecule has 1 aromatic carbocycles. The number of nitrogens with one attached hydrogen (secondary N) is 2. The molecule has 1 saturated heterocycles. The number of carbonyl (C=O) groups is 1. The van der Waals surface area contributed by atoms with Crippen molar-refractivity contribution in [3.05, 3.63) is 29.0 Å². The van der Waals surface area contributed by atoms with Crippen molar-refractivity contribution in [3.63, 3.8) is 0 Å². The molecule has 1 atom stereocenters. The van der Waals surface area contributed by atoms with Gasteiger partial charge in [-0.05, 0) is 24.6 Å². The molecule has 8 heteroatoms. The maximum Gasteiger partial charge on any atom is 0.243 e. The van der Waals surface area contributed by atoms with Gasteiger partial charge in [0.25, 0.3) is 0 Å². The summed E-state index contributed by atoms with van der Waals surface area (Å²) in [5, 5.41) is 2.68. The summed E-state index contributed by atoms with van der Waals surface area (Å²) < 4.78 is 40.0. The van der Waals surface area contributed by atoms with Crippen LogP contribution in [0.1, 0.15) is 12.8 Å². The Kier molecular flexibility index (Phi) is 4.07. The standard InChI is InChI=1S/C11H12ClFN2O3S/c12-7-1-3-9(13)10(5-7)19(17,18)15-8-2-4-11(16)14-6-8/h1,3,5,8,15H,2,4,6H2,(H,14,16)/t8-/m1/s1. The van der Waals surface area contributed by atoms with E-state index in [1.54, 1.807) is 0 Å². The SMILES string of the molecule is O=C1CC[C@@H](NS(=O)(=O)c2cc(Cl)ccc2F)CN1. The maximum absolute atomic E-state index is 13.5. The minimum Gasteiger partial charge on any atom is -0.355 e. The zero-order valence-electron chi connectivity index (χ0n) is 9.82. The van der Waals surface area contributed by atoms with Gasteiger partial charge in [0, 0.05) is 24.0 Å². The van der Waals surface area contributed by atoms with E-state index < -0.39 is 26.8 Å². The molecule has 0 radical (unpaired) electrons. The first kappa shape index (κ1) is 14.2. The van der Waals surface area contributed by atoms with Gasteiger partial charge in [0.05, 0.1) is 0 Å². The van der Waals surface area contributed by atoms with Crippen LogP contribution < -0.4 is 10.0 Å². The molecule has 1 heterocycles. The number of sulfonamides is 1. The number of rotatable bonds is 3. The average molecular weight is 307 g/mol. The molecule has 1 fully saturated rings. The van der Waals surface area contributed by atoms with Gasteiger partial charge in [0.15, 0.2) is 0 Å². The van der Waals surface area contributed by atoms with Gasteiger partial charge in [-0.15, -0.1) is 0 Å². The predicted molar refractivity (Wildman–Crippen MR) is 67.8 cm³/mol. The summed E-state index contributed by atoms with van der Waals surface area (Å²) >= 11 is 5.67. The maximum atomic E-state index is 13.5. The molecule has 0 spiro atoms. The van der Waals surface area contributed by atoms with Crippen molar-refractivity contribution in [2.45, 2.75) is 23.8 Å². The molecule has 104 valence electrons. The second-order valence-corrected chi connectivity index (χ2v) is 6.35. The smallest absolute Gasteiger partial charge is 0.243 e. The lowest BCUT2D eigenvalue weighted by atomic mass is 10.1. The van der Waals surface area contributed by atoms with Crippen molar-refractivity contribution < 1.29 is 17.6 Å². The lowest BCUT2D eigenvalue weighted by Crippen LogP contribution is -2.47. The molecule has 1 aliphatic heterocycles. The van der Waals surface area contributed by atoms with Crippen molar-refractivity contribution in [3.8, 4) is 0 Å². The van der Waals surface area contributed by atoms with Crippen LogP contribution in [0.2, 0.25) is 5.02 Å². The van der Waals surface area contributed by atoms with Crippen molar-refractivity contribution in [2.75, 3.05) is 6.54 Å². The fraction of sp³-hybridized carbons (Fsp3) is 0.364. The number of hydrogen-bond donors (Lipinski definition) is 2. The monoisotopic (exact) mass is 306 g/mol. The zero-order valence-corrected chi connectivity index (χ0v) is 11.4. The summed E-state index contributed by atoms with van der Waals surface area (Å²) in [6.07, 6.45) is 0.623. The highest BCUT2D eigenvalue weighted by atomic mass is 35.5. The van der Waals surface area contributed by atoms with Gasteiger partial charge >= 0.3 is 0 Å². The van der Waals surface area contributed by atoms with Crippen LogP contribution in [0.5, 0.6) is 0 Å². The summed E-state index contributed by atoms with van der Waals surface area (Å²) in [6.45, 7) is 0.195. The topological polar surface area (TPSA) is 75.3 Å². The van der Waals surface area contributed by atoms with Crippen LogP contribution in [0.15, 0.2) is 23.1 Å². The second kappa shape index (κ2) is 5.44. The van der Waals surface area contributed by atoms with Gasteiger partial charge in [0.1, 0.15) is 10.7 Å². The molecule has 0 aromatic heterocycles. The molecule has 19 heavy (non-hydrogen) atoms. The van der Waals surface area contributed by atoms with E-state index in [4.69, 9.17) is 11.6 Å². The number of amides is 1. The van der Waals surface area contributed by atoms with Crippen molar-refractivity contribution in [2.24, 2.45) is 0 Å². The lowest BCUT2D eigenvalue weighted by Gasteiger charge is -2.23. The van der Waals surface area contributed by atoms with E-state index in [0.717, 1.165) is 12.1 Å². The van der Waals surface area contributed by atoms with E-state index in [-0.39, 0.29) is 23.9 Å². The Morgan fingerprint density at radius 1 is 1.42 bits per heavy atom. The van der Waals surface area contributed by atoms with Crippen molar-refractivity contribution >= 4 is 27.5 Å². The van der Waals surface area contributed by atoms with Gasteiger partial charge < -0.3 is 5.32 Å². The highest BCUT2D eigenvalue weighted by molar-refractivity contribution is 7.89. The average Bonchev–Trinajstić information content (AvgIpc) is 2.35. The Balaban J connectivity index is 2.18. The molecule has 5 nitrogen and oxygen atoms in total. The third kappa shape index (κ3) is 3.43. The van der Waals surface area contributed by atoms with Crippen LogP contribution >= 0.6 is 11.6 Å². The summed E-state index contributed by atoms with van der Waals surface area (Å²) in [5.41, 5.74) is 0. The van der Waals surface area contributed by atoms with E-state index in [9.17, 15) is 17.6 Å². The number of piperidine rings is 1. The van der Waals surface area contributed by atoms with Crippen molar-refractivity contribution in [1.29, 1.82) is 0 Å².